The fraction of sp³-hybridized carbons (Fsp3) is 1.00. The van der Waals surface area contributed by atoms with Gasteiger partial charge >= 0.3 is 0 Å². The molecule has 0 fully saturated rings. The maximum absolute atomic E-state index is 10.4. The van der Waals surface area contributed by atoms with E-state index in [1.54, 1.807) is 0 Å². The summed E-state index contributed by atoms with van der Waals surface area (Å²) in [5.74, 6) is -0.0814. The van der Waals surface area contributed by atoms with Gasteiger partial charge in [0.15, 0.2) is 0 Å². The minimum absolute atomic E-state index is 0.0814. The maximum atomic E-state index is 10.4. The van der Waals surface area contributed by atoms with E-state index in [2.05, 4.69) is 6.92 Å². The van der Waals surface area contributed by atoms with Gasteiger partial charge in [-0.2, -0.15) is 8.42 Å². The Morgan fingerprint density at radius 3 is 1.63 bits per heavy atom. The van der Waals surface area contributed by atoms with E-state index in [-0.39, 0.29) is 12.4 Å². The molecule has 0 aliphatic carbocycles. The topological polar surface area (TPSA) is 94.8 Å². The first kappa shape index (κ1) is 21.1. The molecule has 6 heteroatoms. The van der Waals surface area contributed by atoms with Crippen LogP contribution in [0.4, 0.5) is 0 Å². The molecule has 0 spiro atoms. The molecule has 3 N–H and O–H groups in total. The number of aliphatic hydroxyl groups is 2. The van der Waals surface area contributed by atoms with Crippen LogP contribution in [0.5, 0.6) is 0 Å². The first-order chi connectivity index (χ1) is 8.83. The van der Waals surface area contributed by atoms with Crippen molar-refractivity contribution in [3.8, 4) is 0 Å². The minimum atomic E-state index is -3.73. The summed E-state index contributed by atoms with van der Waals surface area (Å²) in [6, 6.07) is 0. The van der Waals surface area contributed by atoms with Gasteiger partial charge < -0.3 is 10.2 Å². The third-order valence-electron chi connectivity index (χ3n) is 2.52. The molecule has 0 rings (SSSR count). The summed E-state index contributed by atoms with van der Waals surface area (Å²) in [5.41, 5.74) is 0. The summed E-state index contributed by atoms with van der Waals surface area (Å²) in [4.78, 5) is 0. The van der Waals surface area contributed by atoms with Crippen LogP contribution in [0.1, 0.15) is 65.2 Å². The van der Waals surface area contributed by atoms with Gasteiger partial charge in [0.1, 0.15) is 0 Å². The summed E-state index contributed by atoms with van der Waals surface area (Å²) >= 11 is 0. The minimum Gasteiger partial charge on any atom is -0.394 e. The number of hydrogen-bond donors (Lipinski definition) is 3. The lowest BCUT2D eigenvalue weighted by molar-refractivity contribution is 0.110. The van der Waals surface area contributed by atoms with Crippen LogP contribution in [0.2, 0.25) is 0 Å². The monoisotopic (exact) mass is 298 g/mol. The number of unbranched alkanes of at least 4 members (excludes halogenated alkanes) is 7. The van der Waals surface area contributed by atoms with Crippen LogP contribution in [0.15, 0.2) is 0 Å². The van der Waals surface area contributed by atoms with Crippen LogP contribution in [0.3, 0.4) is 0 Å². The highest BCUT2D eigenvalue weighted by atomic mass is 32.2. The van der Waals surface area contributed by atoms with E-state index in [1.807, 2.05) is 0 Å². The van der Waals surface area contributed by atoms with Crippen LogP contribution < -0.4 is 0 Å². The second kappa shape index (κ2) is 14.2. The van der Waals surface area contributed by atoms with Crippen LogP contribution in [0.25, 0.3) is 0 Å². The quantitative estimate of drug-likeness (QED) is 0.425. The van der Waals surface area contributed by atoms with Crippen LogP contribution in [-0.4, -0.2) is 41.6 Å². The normalized spacial score (nSPS) is 12.7. The SMILES string of the molecule is CC(O)CO.CCCCCCCCCCS(=O)(=O)O. The van der Waals surface area contributed by atoms with Crippen molar-refractivity contribution >= 4 is 10.1 Å². The van der Waals surface area contributed by atoms with Crippen molar-refractivity contribution in [2.24, 2.45) is 0 Å². The van der Waals surface area contributed by atoms with E-state index in [1.165, 1.54) is 39.0 Å². The third kappa shape index (κ3) is 27.1. The molecule has 0 aliphatic heterocycles. The van der Waals surface area contributed by atoms with Crippen LogP contribution in [-0.2, 0) is 10.1 Å². The molecule has 0 radical (unpaired) electrons. The largest absolute Gasteiger partial charge is 0.394 e. The Morgan fingerprint density at radius 1 is 0.947 bits per heavy atom. The van der Waals surface area contributed by atoms with Gasteiger partial charge in [0.25, 0.3) is 10.1 Å². The van der Waals surface area contributed by atoms with Gasteiger partial charge in [-0.3, -0.25) is 4.55 Å². The van der Waals surface area contributed by atoms with Gasteiger partial charge in [0.05, 0.1) is 18.5 Å². The van der Waals surface area contributed by atoms with Gasteiger partial charge in [-0.1, -0.05) is 51.9 Å². The molecule has 0 aromatic rings. The molecule has 0 heterocycles. The third-order valence-corrected chi connectivity index (χ3v) is 3.32. The number of hydrogen-bond acceptors (Lipinski definition) is 4. The van der Waals surface area contributed by atoms with E-state index in [0.29, 0.717) is 6.42 Å². The lowest BCUT2D eigenvalue weighted by Gasteiger charge is -2.00. The smallest absolute Gasteiger partial charge is 0.264 e. The van der Waals surface area contributed by atoms with Crippen LogP contribution >= 0.6 is 0 Å². The van der Waals surface area contributed by atoms with Crippen molar-refractivity contribution in [3.63, 3.8) is 0 Å². The van der Waals surface area contributed by atoms with Gasteiger partial charge in [-0.25, -0.2) is 0 Å². The van der Waals surface area contributed by atoms with Crippen molar-refractivity contribution in [2.45, 2.75) is 71.3 Å². The van der Waals surface area contributed by atoms with E-state index < -0.39 is 16.2 Å². The highest BCUT2D eigenvalue weighted by molar-refractivity contribution is 7.85. The summed E-state index contributed by atoms with van der Waals surface area (Å²) in [6.45, 7) is 3.58. The van der Waals surface area contributed by atoms with E-state index >= 15 is 0 Å². The van der Waals surface area contributed by atoms with Gasteiger partial charge in [-0.05, 0) is 13.3 Å². The predicted molar refractivity (Wildman–Crippen MR) is 77.8 cm³/mol. The zero-order valence-corrected chi connectivity index (χ0v) is 13.0. The lowest BCUT2D eigenvalue weighted by Crippen LogP contribution is -2.03. The molecule has 0 saturated heterocycles. The first-order valence-electron chi connectivity index (χ1n) is 7.07. The average Bonchev–Trinajstić information content (AvgIpc) is 2.32. The van der Waals surface area contributed by atoms with Gasteiger partial charge in [0, 0.05) is 0 Å². The maximum Gasteiger partial charge on any atom is 0.264 e. The van der Waals surface area contributed by atoms with E-state index in [4.69, 9.17) is 14.8 Å². The summed E-state index contributed by atoms with van der Waals surface area (Å²) in [7, 11) is -3.73. The zero-order chi connectivity index (χ0) is 15.1. The summed E-state index contributed by atoms with van der Waals surface area (Å²) in [6.07, 6.45) is 8.29. The highest BCUT2D eigenvalue weighted by Gasteiger charge is 2.02. The standard InChI is InChI=1S/C10H22O3S.C3H8O2/c1-2-3-4-5-6-7-8-9-10-14(11,12)13;1-3(5)2-4/h2-10H2,1H3,(H,11,12,13);3-5H,2H2,1H3. The average molecular weight is 298 g/mol. The zero-order valence-electron chi connectivity index (χ0n) is 12.2. The fourth-order valence-corrected chi connectivity index (χ4v) is 1.99. The molecular formula is C13H30O5S. The Morgan fingerprint density at radius 2 is 1.32 bits per heavy atom. The summed E-state index contributed by atoms with van der Waals surface area (Å²) in [5, 5.41) is 16.0. The van der Waals surface area contributed by atoms with Gasteiger partial charge in [-0.15, -0.1) is 0 Å². The predicted octanol–water partition coefficient (Wildman–Crippen LogP) is 2.37. The lowest BCUT2D eigenvalue weighted by atomic mass is 10.1. The second-order valence-corrected chi connectivity index (χ2v) is 6.36. The molecule has 5 nitrogen and oxygen atoms in total. The molecule has 0 aromatic carbocycles. The van der Waals surface area contributed by atoms with Crippen molar-refractivity contribution in [2.75, 3.05) is 12.4 Å². The first-order valence-corrected chi connectivity index (χ1v) is 8.68. The molecule has 19 heavy (non-hydrogen) atoms. The molecule has 1 atom stereocenters. The fourth-order valence-electron chi connectivity index (χ4n) is 1.42. The molecule has 118 valence electrons. The Labute approximate surface area is 117 Å². The number of rotatable bonds is 10. The van der Waals surface area contributed by atoms with Crippen molar-refractivity contribution < 1.29 is 23.2 Å². The Balaban J connectivity index is 0. The number of aliphatic hydroxyl groups excluding tert-OH is 2. The second-order valence-electron chi connectivity index (χ2n) is 4.79. The van der Waals surface area contributed by atoms with Crippen molar-refractivity contribution in [3.05, 3.63) is 0 Å². The van der Waals surface area contributed by atoms with Gasteiger partial charge in [0.2, 0.25) is 0 Å². The molecule has 1 unspecified atom stereocenters. The van der Waals surface area contributed by atoms with Crippen molar-refractivity contribution in [1.82, 2.24) is 0 Å². The van der Waals surface area contributed by atoms with E-state index in [9.17, 15) is 8.42 Å². The molecule has 0 aromatic heterocycles. The van der Waals surface area contributed by atoms with Crippen LogP contribution in [0, 0.1) is 0 Å². The molecule has 0 saturated carbocycles. The Hall–Kier alpha value is -0.170. The molecule has 0 aliphatic rings. The Bertz CT molecular complexity index is 262. The highest BCUT2D eigenvalue weighted by Crippen LogP contribution is 2.08. The molecule has 0 bridgehead atoms. The molecule has 0 amide bonds. The Kier molecular flexibility index (Phi) is 15.8. The molecular weight excluding hydrogens is 268 g/mol. The van der Waals surface area contributed by atoms with E-state index in [0.717, 1.165) is 12.8 Å². The van der Waals surface area contributed by atoms with Crippen molar-refractivity contribution in [1.29, 1.82) is 0 Å². The summed E-state index contributed by atoms with van der Waals surface area (Å²) < 4.78 is 29.2.